The van der Waals surface area contributed by atoms with Crippen LogP contribution in [0.25, 0.3) is 0 Å². The third-order valence-corrected chi connectivity index (χ3v) is 3.12. The molecule has 0 aliphatic carbocycles. The lowest BCUT2D eigenvalue weighted by Crippen LogP contribution is -2.31. The number of hydrogen-bond acceptors (Lipinski definition) is 4. The molecule has 2 heterocycles. The molecule has 1 aromatic rings. The van der Waals surface area contributed by atoms with Crippen molar-refractivity contribution in [3.63, 3.8) is 0 Å². The molecule has 0 radical (unpaired) electrons. The summed E-state index contributed by atoms with van der Waals surface area (Å²) in [5.41, 5.74) is 1.15. The van der Waals surface area contributed by atoms with Gasteiger partial charge in [0.25, 0.3) is 0 Å². The van der Waals surface area contributed by atoms with E-state index >= 15 is 0 Å². The number of hydrogen-bond donors (Lipinski definition) is 0. The molecule has 2 rings (SSSR count). The minimum Gasteiger partial charge on any atom is -0.379 e. The lowest BCUT2D eigenvalue weighted by atomic mass is 10.1. The average Bonchev–Trinajstić information content (AvgIpc) is 2.66. The van der Waals surface area contributed by atoms with Crippen LogP contribution in [0.1, 0.15) is 5.69 Å². The van der Waals surface area contributed by atoms with Gasteiger partial charge in [0, 0.05) is 37.3 Å². The van der Waals surface area contributed by atoms with Gasteiger partial charge in [-0.25, -0.2) is 0 Å². The Morgan fingerprint density at radius 2 is 2.06 bits per heavy atom. The molecule has 18 heavy (non-hydrogen) atoms. The van der Waals surface area contributed by atoms with Crippen molar-refractivity contribution in [2.24, 2.45) is 5.92 Å². The van der Waals surface area contributed by atoms with Crippen LogP contribution in [0.2, 0.25) is 0 Å². The average molecular weight is 250 g/mol. The van der Waals surface area contributed by atoms with Gasteiger partial charge in [0.2, 0.25) is 0 Å². The van der Waals surface area contributed by atoms with Crippen molar-refractivity contribution >= 4 is 0 Å². The zero-order valence-corrected chi connectivity index (χ0v) is 11.0. The Morgan fingerprint density at radius 1 is 1.28 bits per heavy atom. The Kier molecular flexibility index (Phi) is 5.58. The molecule has 0 unspecified atom stereocenters. The van der Waals surface area contributed by atoms with Crippen molar-refractivity contribution in [2.45, 2.75) is 6.42 Å². The number of ether oxygens (including phenoxy) is 2. The highest BCUT2D eigenvalue weighted by molar-refractivity contribution is 5.03. The lowest BCUT2D eigenvalue weighted by Gasteiger charge is -2.22. The smallest absolute Gasteiger partial charge is 0.0700 e. The molecule has 4 nitrogen and oxygen atoms in total. The van der Waals surface area contributed by atoms with Gasteiger partial charge in [0.15, 0.2) is 0 Å². The first-order valence-corrected chi connectivity index (χ1v) is 6.58. The number of aromatic nitrogens is 1. The molecule has 1 aromatic heterocycles. The maximum atomic E-state index is 5.51. The van der Waals surface area contributed by atoms with E-state index in [9.17, 15) is 0 Å². The second-order valence-corrected chi connectivity index (χ2v) is 4.85. The summed E-state index contributed by atoms with van der Waals surface area (Å²) >= 11 is 0. The van der Waals surface area contributed by atoms with Crippen LogP contribution >= 0.6 is 0 Å². The third kappa shape index (κ3) is 4.72. The van der Waals surface area contributed by atoms with Crippen LogP contribution in [-0.4, -0.2) is 56.4 Å². The molecule has 0 N–H and O–H groups in total. The van der Waals surface area contributed by atoms with E-state index in [1.54, 1.807) is 0 Å². The molecule has 0 aromatic carbocycles. The summed E-state index contributed by atoms with van der Waals surface area (Å²) in [5.74, 6) is 0.487. The van der Waals surface area contributed by atoms with Gasteiger partial charge in [-0.05, 0) is 19.2 Å². The number of likely N-dealkylation sites (N-methyl/N-ethyl adjacent to an activating group) is 1. The summed E-state index contributed by atoms with van der Waals surface area (Å²) in [4.78, 5) is 6.67. The predicted octanol–water partition coefficient (Wildman–Crippen LogP) is 1.22. The Labute approximate surface area is 109 Å². The molecule has 0 bridgehead atoms. The van der Waals surface area contributed by atoms with Gasteiger partial charge in [-0.15, -0.1) is 0 Å². The number of nitrogens with zero attached hydrogens (tertiary/aromatic N) is 2. The molecule has 1 aliphatic rings. The predicted molar refractivity (Wildman–Crippen MR) is 70.6 cm³/mol. The summed E-state index contributed by atoms with van der Waals surface area (Å²) in [7, 11) is 2.15. The number of pyridine rings is 1. The minimum absolute atomic E-state index is 0.487. The number of rotatable bonds is 5. The van der Waals surface area contributed by atoms with Gasteiger partial charge >= 0.3 is 0 Å². The first-order valence-electron chi connectivity index (χ1n) is 6.58. The second-order valence-electron chi connectivity index (χ2n) is 4.85. The highest BCUT2D eigenvalue weighted by Crippen LogP contribution is 2.06. The van der Waals surface area contributed by atoms with Crippen LogP contribution in [0.3, 0.4) is 0 Å². The Morgan fingerprint density at radius 3 is 2.72 bits per heavy atom. The van der Waals surface area contributed by atoms with Crippen LogP contribution in [0, 0.1) is 5.92 Å². The van der Waals surface area contributed by atoms with Crippen molar-refractivity contribution in [1.82, 2.24) is 9.88 Å². The molecule has 0 spiro atoms. The summed E-state index contributed by atoms with van der Waals surface area (Å²) in [5, 5.41) is 0. The van der Waals surface area contributed by atoms with E-state index < -0.39 is 0 Å². The largest absolute Gasteiger partial charge is 0.379 e. The van der Waals surface area contributed by atoms with Crippen LogP contribution < -0.4 is 0 Å². The van der Waals surface area contributed by atoms with Gasteiger partial charge < -0.3 is 14.4 Å². The molecule has 100 valence electrons. The highest BCUT2D eigenvalue weighted by Gasteiger charge is 2.15. The second kappa shape index (κ2) is 7.46. The van der Waals surface area contributed by atoms with Crippen molar-refractivity contribution in [2.75, 3.05) is 46.6 Å². The third-order valence-electron chi connectivity index (χ3n) is 3.12. The SMILES string of the molecule is CN(CCc1ccccn1)CC1COCCOC1. The standard InChI is InChI=1S/C14H22N2O2/c1-16(7-5-14-4-2-3-6-15-14)10-13-11-17-8-9-18-12-13/h2-4,6,13H,5,7-12H2,1H3. The fourth-order valence-corrected chi connectivity index (χ4v) is 2.15. The van der Waals surface area contributed by atoms with Crippen molar-refractivity contribution in [1.29, 1.82) is 0 Å². The monoisotopic (exact) mass is 250 g/mol. The van der Waals surface area contributed by atoms with Gasteiger partial charge in [-0.1, -0.05) is 6.07 Å². The normalized spacial score (nSPS) is 17.9. The fourth-order valence-electron chi connectivity index (χ4n) is 2.15. The van der Waals surface area contributed by atoms with E-state index in [0.717, 1.165) is 51.6 Å². The van der Waals surface area contributed by atoms with E-state index in [4.69, 9.17) is 9.47 Å². The molecular weight excluding hydrogens is 228 g/mol. The maximum absolute atomic E-state index is 5.51. The Balaban J connectivity index is 1.69. The first kappa shape index (κ1) is 13.5. The molecule has 1 aliphatic heterocycles. The first-order chi connectivity index (χ1) is 8.84. The topological polar surface area (TPSA) is 34.6 Å². The van der Waals surface area contributed by atoms with Gasteiger partial charge in [-0.2, -0.15) is 0 Å². The van der Waals surface area contributed by atoms with Crippen molar-refractivity contribution < 1.29 is 9.47 Å². The zero-order chi connectivity index (χ0) is 12.6. The van der Waals surface area contributed by atoms with E-state index in [-0.39, 0.29) is 0 Å². The van der Waals surface area contributed by atoms with E-state index in [1.165, 1.54) is 0 Å². The summed E-state index contributed by atoms with van der Waals surface area (Å²) in [6, 6.07) is 6.06. The van der Waals surface area contributed by atoms with Crippen LogP contribution in [-0.2, 0) is 15.9 Å². The van der Waals surface area contributed by atoms with E-state index in [0.29, 0.717) is 5.92 Å². The maximum Gasteiger partial charge on any atom is 0.0700 e. The molecule has 0 saturated carbocycles. The molecule has 0 atom stereocenters. The van der Waals surface area contributed by atoms with Gasteiger partial charge in [0.1, 0.15) is 0 Å². The van der Waals surface area contributed by atoms with Crippen molar-refractivity contribution in [3.8, 4) is 0 Å². The molecular formula is C14H22N2O2. The van der Waals surface area contributed by atoms with Gasteiger partial charge in [-0.3, -0.25) is 4.98 Å². The highest BCUT2D eigenvalue weighted by atomic mass is 16.5. The van der Waals surface area contributed by atoms with Crippen LogP contribution in [0.5, 0.6) is 0 Å². The summed E-state index contributed by atoms with van der Waals surface area (Å²) in [6.45, 7) is 5.13. The molecule has 0 amide bonds. The van der Waals surface area contributed by atoms with E-state index in [1.807, 2.05) is 18.3 Å². The minimum atomic E-state index is 0.487. The zero-order valence-electron chi connectivity index (χ0n) is 11.0. The lowest BCUT2D eigenvalue weighted by molar-refractivity contribution is 0.103. The Bertz CT molecular complexity index is 324. The molecule has 1 fully saturated rings. The van der Waals surface area contributed by atoms with Gasteiger partial charge in [0.05, 0.1) is 26.4 Å². The van der Waals surface area contributed by atoms with Crippen LogP contribution in [0.4, 0.5) is 0 Å². The Hall–Kier alpha value is -0.970. The molecule has 4 heteroatoms. The quantitative estimate of drug-likeness (QED) is 0.787. The molecule has 1 saturated heterocycles. The fraction of sp³-hybridized carbons (Fsp3) is 0.643. The van der Waals surface area contributed by atoms with Crippen molar-refractivity contribution in [3.05, 3.63) is 30.1 Å². The van der Waals surface area contributed by atoms with Crippen LogP contribution in [0.15, 0.2) is 24.4 Å². The summed E-state index contributed by atoms with van der Waals surface area (Å²) < 4.78 is 11.0. The van der Waals surface area contributed by atoms with E-state index in [2.05, 4.69) is 23.0 Å². The summed E-state index contributed by atoms with van der Waals surface area (Å²) in [6.07, 6.45) is 2.84.